The van der Waals surface area contributed by atoms with E-state index in [0.717, 1.165) is 7.11 Å². The van der Waals surface area contributed by atoms with Gasteiger partial charge in [0, 0.05) is 0 Å². The van der Waals surface area contributed by atoms with E-state index >= 15 is 0 Å². The van der Waals surface area contributed by atoms with Gasteiger partial charge in [-0.1, -0.05) is 11.6 Å². The van der Waals surface area contributed by atoms with Crippen molar-refractivity contribution in [3.63, 3.8) is 0 Å². The van der Waals surface area contributed by atoms with Crippen LogP contribution >= 0.6 is 11.6 Å². The number of methoxy groups -OCH3 is 1. The summed E-state index contributed by atoms with van der Waals surface area (Å²) in [6, 6.07) is 0. The Labute approximate surface area is 70.5 Å². The van der Waals surface area contributed by atoms with Gasteiger partial charge in [-0.2, -0.15) is 18.3 Å². The lowest BCUT2D eigenvalue weighted by Crippen LogP contribution is -2.07. The van der Waals surface area contributed by atoms with Crippen molar-refractivity contribution in [2.75, 3.05) is 7.11 Å². The van der Waals surface area contributed by atoms with Gasteiger partial charge in [0.05, 0.1) is 7.11 Å². The summed E-state index contributed by atoms with van der Waals surface area (Å²) >= 11 is 5.28. The zero-order chi connectivity index (χ0) is 9.35. The van der Waals surface area contributed by atoms with E-state index in [0.29, 0.717) is 0 Å². The molecule has 0 saturated heterocycles. The van der Waals surface area contributed by atoms with E-state index in [-0.39, 0.29) is 5.15 Å². The van der Waals surface area contributed by atoms with Crippen LogP contribution in [0.5, 0.6) is 5.75 Å². The van der Waals surface area contributed by atoms with Gasteiger partial charge in [-0.3, -0.25) is 5.10 Å². The first kappa shape index (κ1) is 9.18. The van der Waals surface area contributed by atoms with Crippen molar-refractivity contribution in [2.45, 2.75) is 6.18 Å². The largest absolute Gasteiger partial charge is 0.491 e. The van der Waals surface area contributed by atoms with Crippen LogP contribution in [-0.4, -0.2) is 17.3 Å². The van der Waals surface area contributed by atoms with Crippen LogP contribution in [0.25, 0.3) is 0 Å². The minimum atomic E-state index is -4.52. The molecule has 68 valence electrons. The number of H-pyrrole nitrogens is 1. The van der Waals surface area contributed by atoms with Gasteiger partial charge in [0.1, 0.15) is 0 Å². The molecule has 0 bridgehead atoms. The van der Waals surface area contributed by atoms with E-state index in [4.69, 9.17) is 11.6 Å². The Morgan fingerprint density at radius 1 is 1.50 bits per heavy atom. The van der Waals surface area contributed by atoms with Crippen LogP contribution < -0.4 is 4.74 Å². The summed E-state index contributed by atoms with van der Waals surface area (Å²) in [6.07, 6.45) is -4.52. The van der Waals surface area contributed by atoms with Gasteiger partial charge in [-0.25, -0.2) is 0 Å². The van der Waals surface area contributed by atoms with E-state index in [1.54, 1.807) is 5.10 Å². The van der Waals surface area contributed by atoms with Crippen LogP contribution in [0.2, 0.25) is 5.15 Å². The minimum Gasteiger partial charge on any atom is -0.491 e. The Hall–Kier alpha value is -0.910. The van der Waals surface area contributed by atoms with Crippen molar-refractivity contribution in [2.24, 2.45) is 0 Å². The van der Waals surface area contributed by atoms with Crippen LogP contribution in [-0.2, 0) is 6.18 Å². The van der Waals surface area contributed by atoms with Crippen molar-refractivity contribution in [3.8, 4) is 5.75 Å². The second kappa shape index (κ2) is 2.85. The van der Waals surface area contributed by atoms with Gasteiger partial charge in [0.15, 0.2) is 16.6 Å². The highest BCUT2D eigenvalue weighted by Gasteiger charge is 2.38. The van der Waals surface area contributed by atoms with Gasteiger partial charge in [0.25, 0.3) is 0 Å². The fourth-order valence-electron chi connectivity index (χ4n) is 0.688. The molecule has 0 fully saturated rings. The third-order valence-electron chi connectivity index (χ3n) is 1.17. The first-order chi connectivity index (χ1) is 5.46. The third kappa shape index (κ3) is 1.47. The second-order valence-electron chi connectivity index (χ2n) is 1.92. The Morgan fingerprint density at radius 2 is 2.08 bits per heavy atom. The van der Waals surface area contributed by atoms with Crippen LogP contribution in [0.4, 0.5) is 13.2 Å². The Morgan fingerprint density at radius 3 is 2.42 bits per heavy atom. The molecule has 0 aliphatic rings. The highest BCUT2D eigenvalue weighted by molar-refractivity contribution is 6.30. The lowest BCUT2D eigenvalue weighted by Gasteiger charge is -2.04. The molecule has 1 heterocycles. The van der Waals surface area contributed by atoms with Crippen molar-refractivity contribution < 1.29 is 17.9 Å². The summed E-state index contributed by atoms with van der Waals surface area (Å²) in [7, 11) is 1.09. The number of nitrogens with zero attached hydrogens (tertiary/aromatic N) is 1. The van der Waals surface area contributed by atoms with E-state index in [9.17, 15) is 13.2 Å². The van der Waals surface area contributed by atoms with E-state index in [1.165, 1.54) is 0 Å². The monoisotopic (exact) mass is 200 g/mol. The highest BCUT2D eigenvalue weighted by atomic mass is 35.5. The number of hydrogen-bond donors (Lipinski definition) is 1. The maximum atomic E-state index is 12.0. The molecule has 0 aromatic carbocycles. The molecular weight excluding hydrogens is 197 g/mol. The minimum absolute atomic E-state index is 0.329. The second-order valence-corrected chi connectivity index (χ2v) is 2.28. The number of aromatic nitrogens is 2. The summed E-state index contributed by atoms with van der Waals surface area (Å²) in [4.78, 5) is 0. The molecule has 1 aromatic heterocycles. The third-order valence-corrected chi connectivity index (χ3v) is 1.42. The molecule has 0 unspecified atom stereocenters. The summed E-state index contributed by atoms with van der Waals surface area (Å²) in [5.41, 5.74) is -1.07. The molecule has 1 aromatic rings. The fraction of sp³-hybridized carbons (Fsp3) is 0.400. The number of rotatable bonds is 1. The maximum absolute atomic E-state index is 12.0. The highest BCUT2D eigenvalue weighted by Crippen LogP contribution is 2.37. The SMILES string of the molecule is COc1c(Cl)n[nH]c1C(F)(F)F. The number of halogens is 4. The molecule has 1 N–H and O–H groups in total. The number of hydrogen-bond acceptors (Lipinski definition) is 2. The molecule has 1 rings (SSSR count). The van der Waals surface area contributed by atoms with Gasteiger partial charge in [-0.15, -0.1) is 0 Å². The lowest BCUT2D eigenvalue weighted by atomic mass is 10.4. The normalized spacial score (nSPS) is 11.8. The topological polar surface area (TPSA) is 37.9 Å². The predicted octanol–water partition coefficient (Wildman–Crippen LogP) is 2.09. The Kier molecular flexibility index (Phi) is 2.18. The summed E-state index contributed by atoms with van der Waals surface area (Å²) in [6.45, 7) is 0. The molecule has 0 amide bonds. The summed E-state index contributed by atoms with van der Waals surface area (Å²) in [5.74, 6) is -0.482. The molecule has 12 heavy (non-hydrogen) atoms. The smallest absolute Gasteiger partial charge is 0.436 e. The number of nitrogens with one attached hydrogen (secondary N) is 1. The van der Waals surface area contributed by atoms with Gasteiger partial charge in [0.2, 0.25) is 0 Å². The molecule has 3 nitrogen and oxygen atoms in total. The molecule has 0 radical (unpaired) electrons. The molecule has 0 aliphatic heterocycles. The molecule has 0 saturated carbocycles. The lowest BCUT2D eigenvalue weighted by molar-refractivity contribution is -0.142. The van der Waals surface area contributed by atoms with E-state index < -0.39 is 17.6 Å². The van der Waals surface area contributed by atoms with E-state index in [2.05, 4.69) is 9.84 Å². The van der Waals surface area contributed by atoms with Crippen LogP contribution in [0.15, 0.2) is 0 Å². The van der Waals surface area contributed by atoms with Crippen molar-refractivity contribution >= 4 is 11.6 Å². The Balaban J connectivity index is 3.16. The average Bonchev–Trinajstić information content (AvgIpc) is 2.29. The van der Waals surface area contributed by atoms with Crippen molar-refractivity contribution in [1.29, 1.82) is 0 Å². The predicted molar refractivity (Wildman–Crippen MR) is 35.2 cm³/mol. The number of aromatic amines is 1. The molecule has 0 spiro atoms. The quantitative estimate of drug-likeness (QED) is 0.754. The van der Waals surface area contributed by atoms with Crippen molar-refractivity contribution in [1.82, 2.24) is 10.2 Å². The molecule has 0 aliphatic carbocycles. The summed E-state index contributed by atoms with van der Waals surface area (Å²) in [5, 5.41) is 4.55. The molecule has 0 atom stereocenters. The zero-order valence-electron chi connectivity index (χ0n) is 5.87. The van der Waals surface area contributed by atoms with Gasteiger partial charge >= 0.3 is 6.18 Å². The Bertz CT molecular complexity index is 283. The standard InChI is InChI=1S/C5H4ClF3N2O/c1-12-2-3(5(7,8)9)10-11-4(2)6/h1H3,(H,10,11). The molecule has 7 heteroatoms. The molecular formula is C5H4ClF3N2O. The fourth-order valence-corrected chi connectivity index (χ4v) is 0.902. The first-order valence-corrected chi connectivity index (χ1v) is 3.19. The van der Waals surface area contributed by atoms with Crippen LogP contribution in [0.3, 0.4) is 0 Å². The van der Waals surface area contributed by atoms with Crippen LogP contribution in [0, 0.1) is 0 Å². The average molecular weight is 201 g/mol. The maximum Gasteiger partial charge on any atom is 0.436 e. The van der Waals surface area contributed by atoms with Crippen LogP contribution in [0.1, 0.15) is 5.69 Å². The van der Waals surface area contributed by atoms with Gasteiger partial charge < -0.3 is 4.74 Å². The van der Waals surface area contributed by atoms with Gasteiger partial charge in [-0.05, 0) is 0 Å². The summed E-state index contributed by atoms with van der Waals surface area (Å²) < 4.78 is 40.5. The number of ether oxygens (including phenoxy) is 1. The van der Waals surface area contributed by atoms with Crippen molar-refractivity contribution in [3.05, 3.63) is 10.8 Å². The van der Waals surface area contributed by atoms with E-state index in [1.807, 2.05) is 0 Å². The first-order valence-electron chi connectivity index (χ1n) is 2.82. The zero-order valence-corrected chi connectivity index (χ0v) is 6.62. The number of alkyl halides is 3.